The van der Waals surface area contributed by atoms with Crippen LogP contribution in [0.5, 0.6) is 0 Å². The molecule has 0 aliphatic heterocycles. The van der Waals surface area contributed by atoms with Crippen LogP contribution in [0.4, 0.5) is 4.79 Å². The molecule has 0 aliphatic rings. The second kappa shape index (κ2) is 7.28. The van der Waals surface area contributed by atoms with Crippen LogP contribution in [0.15, 0.2) is 24.3 Å². The highest BCUT2D eigenvalue weighted by molar-refractivity contribution is 6.58. The Bertz CT molecular complexity index is 523. The Morgan fingerprint density at radius 1 is 1.23 bits per heavy atom. The molecule has 1 amide bonds. The van der Waals surface area contributed by atoms with Crippen LogP contribution in [0, 0.1) is 0 Å². The quantitative estimate of drug-likeness (QED) is 0.445. The molecule has 0 spiro atoms. The number of hydrogen-bond acceptors (Lipinski definition) is 5. The Morgan fingerprint density at radius 2 is 1.77 bits per heavy atom. The largest absolute Gasteiger partial charge is 0.488 e. The first-order valence-corrected chi connectivity index (χ1v) is 6.76. The van der Waals surface area contributed by atoms with Crippen LogP contribution in [-0.4, -0.2) is 46.0 Å². The van der Waals surface area contributed by atoms with E-state index in [1.54, 1.807) is 32.9 Å². The lowest BCUT2D eigenvalue weighted by atomic mass is 9.80. The number of carboxylic acids is 1. The van der Waals surface area contributed by atoms with E-state index in [4.69, 9.17) is 14.8 Å². The second-order valence-corrected chi connectivity index (χ2v) is 5.86. The predicted molar refractivity (Wildman–Crippen MR) is 80.8 cm³/mol. The summed E-state index contributed by atoms with van der Waals surface area (Å²) in [5.74, 6) is -1.18. The monoisotopic (exact) mass is 310 g/mol. The number of carboxylic acid groups (broad SMARTS) is 1. The number of aliphatic carboxylic acids is 1. The van der Waals surface area contributed by atoms with E-state index in [9.17, 15) is 14.7 Å². The Kier molecular flexibility index (Phi) is 5.96. The number of ether oxygens (including phenoxy) is 1. The van der Waals surface area contributed by atoms with Gasteiger partial charge in [-0.15, -0.1) is 0 Å². The molecule has 0 heterocycles. The number of hydrogen-bond donors (Lipinski definition) is 4. The van der Waals surface area contributed by atoms with Gasteiger partial charge < -0.3 is 25.2 Å². The summed E-state index contributed by atoms with van der Waals surface area (Å²) in [5, 5.41) is 29.5. The van der Waals surface area contributed by atoms with Crippen molar-refractivity contribution >= 4 is 24.6 Å². The number of rotatable bonds is 5. The molecule has 4 N–H and O–H groups in total. The van der Waals surface area contributed by atoms with E-state index in [2.05, 4.69) is 5.32 Å². The molecule has 7 nitrogen and oxygen atoms in total. The number of amides is 1. The van der Waals surface area contributed by atoms with Crippen molar-refractivity contribution in [3.05, 3.63) is 29.8 Å². The van der Waals surface area contributed by atoms with Gasteiger partial charge in [0.05, 0.1) is 0 Å². The fourth-order valence-corrected chi connectivity index (χ4v) is 1.71. The third kappa shape index (κ3) is 6.15. The smallest absolute Gasteiger partial charge is 0.480 e. The molecule has 0 aliphatic carbocycles. The maximum Gasteiger partial charge on any atom is 0.488 e. The molecule has 1 aromatic rings. The van der Waals surface area contributed by atoms with Crippen LogP contribution in [0.2, 0.25) is 0 Å². The van der Waals surface area contributed by atoms with Crippen molar-refractivity contribution < 1.29 is 29.5 Å². The molecule has 0 saturated heterocycles. The normalized spacial score (nSPS) is 12.4. The van der Waals surface area contributed by atoms with Crippen molar-refractivity contribution in [1.82, 2.24) is 5.32 Å². The molecule has 0 fully saturated rings. The van der Waals surface area contributed by atoms with E-state index in [0.29, 0.717) is 11.0 Å². The van der Waals surface area contributed by atoms with Crippen LogP contribution in [0.3, 0.4) is 0 Å². The first-order valence-electron chi connectivity index (χ1n) is 6.76. The molecule has 22 heavy (non-hydrogen) atoms. The molecule has 0 bridgehead atoms. The summed E-state index contributed by atoms with van der Waals surface area (Å²) in [6.45, 7) is 5.05. The van der Waals surface area contributed by atoms with Gasteiger partial charge in [-0.1, -0.05) is 24.3 Å². The van der Waals surface area contributed by atoms with Gasteiger partial charge in [-0.05, 0) is 31.8 Å². The average Bonchev–Trinajstić information content (AvgIpc) is 2.36. The van der Waals surface area contributed by atoms with Gasteiger partial charge in [0.15, 0.2) is 0 Å². The lowest BCUT2D eigenvalue weighted by molar-refractivity contribution is -0.139. The van der Waals surface area contributed by atoms with Crippen molar-refractivity contribution in [2.24, 2.45) is 0 Å². The summed E-state index contributed by atoms with van der Waals surface area (Å²) in [4.78, 5) is 22.9. The highest BCUT2D eigenvalue weighted by Gasteiger charge is 2.24. The predicted octanol–water partition coefficient (Wildman–Crippen LogP) is -0.113. The summed E-state index contributed by atoms with van der Waals surface area (Å²) in [6, 6.07) is 4.96. The number of carbonyl (C=O) groups is 2. The summed E-state index contributed by atoms with van der Waals surface area (Å²) in [6.07, 6.45) is -0.751. The lowest BCUT2D eigenvalue weighted by Gasteiger charge is -2.22. The van der Waals surface area contributed by atoms with E-state index in [0.717, 1.165) is 0 Å². The minimum atomic E-state index is -1.58. The lowest BCUT2D eigenvalue weighted by Crippen LogP contribution is -2.44. The Labute approximate surface area is 129 Å². The Morgan fingerprint density at radius 3 is 2.18 bits per heavy atom. The molecule has 0 radical (unpaired) electrons. The molecule has 120 valence electrons. The molecular weight excluding hydrogens is 290 g/mol. The molecule has 0 saturated carbocycles. The van der Waals surface area contributed by atoms with Gasteiger partial charge in [0.2, 0.25) is 0 Å². The van der Waals surface area contributed by atoms with Gasteiger partial charge in [-0.3, -0.25) is 0 Å². The second-order valence-electron chi connectivity index (χ2n) is 5.86. The zero-order valence-corrected chi connectivity index (χ0v) is 12.7. The zero-order valence-electron chi connectivity index (χ0n) is 12.7. The van der Waals surface area contributed by atoms with E-state index in [-0.39, 0.29) is 6.42 Å². The molecule has 0 aromatic heterocycles. The minimum Gasteiger partial charge on any atom is -0.480 e. The fraction of sp³-hybridized carbons (Fsp3) is 0.429. The van der Waals surface area contributed by atoms with E-state index >= 15 is 0 Å². The third-order valence-electron chi connectivity index (χ3n) is 2.71. The van der Waals surface area contributed by atoms with Gasteiger partial charge in [-0.2, -0.15) is 0 Å². The number of nitrogens with one attached hydrogen (secondary N) is 1. The molecule has 1 atom stereocenters. The van der Waals surface area contributed by atoms with Crippen molar-refractivity contribution in [1.29, 1.82) is 0 Å². The van der Waals surface area contributed by atoms with Gasteiger partial charge in [-0.25, -0.2) is 9.59 Å². The van der Waals surface area contributed by atoms with Crippen molar-refractivity contribution in [3.8, 4) is 0 Å². The maximum absolute atomic E-state index is 11.6. The van der Waals surface area contributed by atoms with Crippen molar-refractivity contribution in [3.63, 3.8) is 0 Å². The fourth-order valence-electron chi connectivity index (χ4n) is 1.71. The van der Waals surface area contributed by atoms with E-state index < -0.39 is 30.8 Å². The van der Waals surface area contributed by atoms with Crippen LogP contribution < -0.4 is 10.8 Å². The van der Waals surface area contributed by atoms with Crippen LogP contribution in [0.1, 0.15) is 26.3 Å². The maximum atomic E-state index is 11.6. The van der Waals surface area contributed by atoms with Gasteiger partial charge in [0.1, 0.15) is 11.6 Å². The number of carbonyl (C=O) groups excluding carboxylic acids is 1. The van der Waals surface area contributed by atoms with Gasteiger partial charge in [0.25, 0.3) is 0 Å². The molecular formula is C14H20BNO6. The first-order chi connectivity index (χ1) is 10.1. The minimum absolute atomic E-state index is 0.0520. The topological polar surface area (TPSA) is 116 Å². The highest BCUT2D eigenvalue weighted by Crippen LogP contribution is 2.08. The molecule has 1 rings (SSSR count). The SMILES string of the molecule is CC(C)(C)OC(=O)NC(Cc1ccc(B(O)O)cc1)[13C](=O)O. The standard InChI is InChI=1S/C14H20BNO6/c1-14(2,3)22-13(19)16-11(12(17)18)8-9-4-6-10(7-5-9)15(20)21/h4-7,11,20-21H,8H2,1-3H3,(H,16,19)(H,17,18)/i12+1. The first kappa shape index (κ1) is 18.0. The Balaban J connectivity index is 2.72. The third-order valence-corrected chi connectivity index (χ3v) is 2.71. The van der Waals surface area contributed by atoms with Crippen molar-refractivity contribution in [2.45, 2.75) is 38.8 Å². The van der Waals surface area contributed by atoms with Crippen LogP contribution >= 0.6 is 0 Å². The van der Waals surface area contributed by atoms with Crippen LogP contribution in [0.25, 0.3) is 0 Å². The Hall–Kier alpha value is -2.06. The van der Waals surface area contributed by atoms with E-state index in [1.807, 2.05) is 0 Å². The zero-order chi connectivity index (χ0) is 16.9. The summed E-state index contributed by atoms with van der Waals surface area (Å²) in [5.41, 5.74) is 0.218. The van der Waals surface area contributed by atoms with Gasteiger partial charge >= 0.3 is 19.2 Å². The number of benzene rings is 1. The molecule has 8 heteroatoms. The molecule has 1 aromatic carbocycles. The van der Waals surface area contributed by atoms with Crippen LogP contribution in [-0.2, 0) is 16.0 Å². The average molecular weight is 310 g/mol. The van der Waals surface area contributed by atoms with Crippen molar-refractivity contribution in [2.75, 3.05) is 0 Å². The summed E-state index contributed by atoms with van der Waals surface area (Å²) >= 11 is 0. The summed E-state index contributed by atoms with van der Waals surface area (Å²) < 4.78 is 5.03. The van der Waals surface area contributed by atoms with Gasteiger partial charge in [0, 0.05) is 6.42 Å². The summed E-state index contributed by atoms with van der Waals surface area (Å²) in [7, 11) is -1.58. The molecule has 1 unspecified atom stereocenters. The van der Waals surface area contributed by atoms with E-state index in [1.165, 1.54) is 12.1 Å². The number of alkyl carbamates (subject to hydrolysis) is 1. The highest BCUT2D eigenvalue weighted by atomic mass is 16.6.